The number of carbonyl (C=O) groups is 1. The van der Waals surface area contributed by atoms with Gasteiger partial charge < -0.3 is 15.4 Å². The Morgan fingerprint density at radius 2 is 2.07 bits per heavy atom. The molecule has 8 nitrogen and oxygen atoms in total. The molecule has 2 amide bonds. The number of pyridine rings is 2. The molecule has 8 heteroatoms. The van der Waals surface area contributed by atoms with E-state index >= 15 is 0 Å². The summed E-state index contributed by atoms with van der Waals surface area (Å²) in [6.45, 7) is 4.11. The largest absolute Gasteiger partial charge is 0.481 e. The van der Waals surface area contributed by atoms with Crippen molar-refractivity contribution in [3.05, 3.63) is 54.5 Å². The fourth-order valence-electron chi connectivity index (χ4n) is 2.51. The minimum absolute atomic E-state index is 0.0667. The molecule has 3 aromatic heterocycles. The lowest BCUT2D eigenvalue weighted by atomic mass is 10.2. The summed E-state index contributed by atoms with van der Waals surface area (Å²) in [6.07, 6.45) is 3.41. The Balaban J connectivity index is 1.90. The molecule has 0 fully saturated rings. The summed E-state index contributed by atoms with van der Waals surface area (Å²) in [5, 5.41) is 10.2. The van der Waals surface area contributed by atoms with Gasteiger partial charge in [-0.3, -0.25) is 4.98 Å². The van der Waals surface area contributed by atoms with E-state index in [1.54, 1.807) is 30.3 Å². The van der Waals surface area contributed by atoms with E-state index in [4.69, 9.17) is 4.74 Å². The van der Waals surface area contributed by atoms with Gasteiger partial charge in [-0.2, -0.15) is 5.10 Å². The highest BCUT2D eigenvalue weighted by Crippen LogP contribution is 2.22. The Hall–Kier alpha value is -3.42. The molecule has 0 saturated carbocycles. The van der Waals surface area contributed by atoms with Crippen molar-refractivity contribution in [3.63, 3.8) is 0 Å². The van der Waals surface area contributed by atoms with E-state index in [1.807, 2.05) is 44.2 Å². The van der Waals surface area contributed by atoms with Crippen LogP contribution in [0.15, 0.2) is 48.8 Å². The van der Waals surface area contributed by atoms with Crippen LogP contribution in [0.5, 0.6) is 5.88 Å². The van der Waals surface area contributed by atoms with Gasteiger partial charge in [-0.25, -0.2) is 14.5 Å². The van der Waals surface area contributed by atoms with E-state index in [-0.39, 0.29) is 12.1 Å². The SMILES string of the molecule is COc1ccc(-n2nc(CNC(=O)NC(C)C)cc2-c2ccccn2)cn1. The number of nitrogens with zero attached hydrogens (tertiary/aromatic N) is 4. The molecule has 0 unspecified atom stereocenters. The predicted octanol–water partition coefficient (Wildman–Crippen LogP) is 2.55. The summed E-state index contributed by atoms with van der Waals surface area (Å²) in [5.74, 6) is 0.525. The van der Waals surface area contributed by atoms with Gasteiger partial charge in [-0.1, -0.05) is 6.07 Å². The molecule has 0 spiro atoms. The molecule has 0 aliphatic rings. The average molecular weight is 366 g/mol. The third-order valence-electron chi connectivity index (χ3n) is 3.71. The number of carbonyl (C=O) groups excluding carboxylic acids is 1. The van der Waals surface area contributed by atoms with Gasteiger partial charge in [0.2, 0.25) is 5.88 Å². The van der Waals surface area contributed by atoms with E-state index < -0.39 is 0 Å². The van der Waals surface area contributed by atoms with Crippen LogP contribution in [-0.4, -0.2) is 38.9 Å². The van der Waals surface area contributed by atoms with E-state index in [0.717, 1.165) is 17.1 Å². The first-order valence-electron chi connectivity index (χ1n) is 8.62. The first-order valence-corrected chi connectivity index (χ1v) is 8.62. The number of urea groups is 1. The van der Waals surface area contributed by atoms with Gasteiger partial charge >= 0.3 is 6.03 Å². The number of ether oxygens (including phenoxy) is 1. The molecule has 0 atom stereocenters. The molecule has 27 heavy (non-hydrogen) atoms. The van der Waals surface area contributed by atoms with Crippen molar-refractivity contribution in [2.24, 2.45) is 0 Å². The first kappa shape index (κ1) is 18.4. The number of amides is 2. The number of hydrogen-bond acceptors (Lipinski definition) is 5. The Labute approximate surface area is 157 Å². The van der Waals surface area contributed by atoms with Gasteiger partial charge in [0.05, 0.1) is 42.6 Å². The van der Waals surface area contributed by atoms with Gasteiger partial charge in [-0.05, 0) is 38.1 Å². The minimum Gasteiger partial charge on any atom is -0.481 e. The lowest BCUT2D eigenvalue weighted by Crippen LogP contribution is -2.39. The molecular formula is C19H22N6O2. The van der Waals surface area contributed by atoms with Crippen molar-refractivity contribution >= 4 is 6.03 Å². The zero-order valence-corrected chi connectivity index (χ0v) is 15.5. The second kappa shape index (κ2) is 8.31. The van der Waals surface area contributed by atoms with E-state index in [0.29, 0.717) is 18.1 Å². The second-order valence-corrected chi connectivity index (χ2v) is 6.19. The van der Waals surface area contributed by atoms with Crippen molar-refractivity contribution in [1.29, 1.82) is 0 Å². The minimum atomic E-state index is -0.231. The Morgan fingerprint density at radius 1 is 1.22 bits per heavy atom. The zero-order valence-electron chi connectivity index (χ0n) is 15.5. The lowest BCUT2D eigenvalue weighted by Gasteiger charge is -2.09. The van der Waals surface area contributed by atoms with Gasteiger partial charge in [0.25, 0.3) is 0 Å². The summed E-state index contributed by atoms with van der Waals surface area (Å²) in [6, 6.07) is 11.1. The number of methoxy groups -OCH3 is 1. The molecule has 3 aromatic rings. The molecule has 2 N–H and O–H groups in total. The molecule has 0 aromatic carbocycles. The smallest absolute Gasteiger partial charge is 0.315 e. The number of hydrogen-bond donors (Lipinski definition) is 2. The molecular weight excluding hydrogens is 344 g/mol. The van der Waals surface area contributed by atoms with Gasteiger partial charge in [0.1, 0.15) is 0 Å². The number of nitrogens with one attached hydrogen (secondary N) is 2. The third-order valence-corrected chi connectivity index (χ3v) is 3.71. The standard InChI is InChI=1S/C19H22N6O2/c1-13(2)23-19(26)22-11-14-10-17(16-6-4-5-9-20-16)25(24-14)15-7-8-18(27-3)21-12-15/h4-10,12-13H,11H2,1-3H3,(H2,22,23,26). The molecule has 3 heterocycles. The molecule has 140 valence electrons. The van der Waals surface area contributed by atoms with Crippen molar-refractivity contribution in [1.82, 2.24) is 30.4 Å². The van der Waals surface area contributed by atoms with Crippen molar-refractivity contribution < 1.29 is 9.53 Å². The summed E-state index contributed by atoms with van der Waals surface area (Å²) >= 11 is 0. The Bertz CT molecular complexity index is 890. The Kier molecular flexibility index (Phi) is 5.65. The summed E-state index contributed by atoms with van der Waals surface area (Å²) < 4.78 is 6.87. The lowest BCUT2D eigenvalue weighted by molar-refractivity contribution is 0.238. The van der Waals surface area contributed by atoms with Gasteiger partial charge in [0, 0.05) is 18.3 Å². The van der Waals surface area contributed by atoms with Crippen molar-refractivity contribution in [2.45, 2.75) is 26.4 Å². The predicted molar refractivity (Wildman–Crippen MR) is 102 cm³/mol. The number of aromatic nitrogens is 4. The first-order chi connectivity index (χ1) is 13.1. The van der Waals surface area contributed by atoms with E-state index in [9.17, 15) is 4.79 Å². The summed E-state index contributed by atoms with van der Waals surface area (Å²) in [7, 11) is 1.57. The zero-order chi connectivity index (χ0) is 19.2. The molecule has 0 aliphatic heterocycles. The van der Waals surface area contributed by atoms with Crippen LogP contribution in [-0.2, 0) is 6.54 Å². The molecule has 0 aliphatic carbocycles. The molecule has 0 bridgehead atoms. The normalized spacial score (nSPS) is 10.7. The maximum Gasteiger partial charge on any atom is 0.315 e. The Morgan fingerprint density at radius 3 is 2.70 bits per heavy atom. The van der Waals surface area contributed by atoms with Crippen LogP contribution in [0.4, 0.5) is 4.79 Å². The summed E-state index contributed by atoms with van der Waals surface area (Å²) in [4.78, 5) is 20.5. The maximum atomic E-state index is 11.8. The topological polar surface area (TPSA) is 94.0 Å². The van der Waals surface area contributed by atoms with Crippen LogP contribution in [0.3, 0.4) is 0 Å². The molecule has 0 radical (unpaired) electrons. The van der Waals surface area contributed by atoms with E-state index in [1.165, 1.54) is 0 Å². The van der Waals surface area contributed by atoms with Crippen LogP contribution in [0.25, 0.3) is 17.1 Å². The van der Waals surface area contributed by atoms with Crippen LogP contribution < -0.4 is 15.4 Å². The van der Waals surface area contributed by atoms with Gasteiger partial charge in [0.15, 0.2) is 0 Å². The van der Waals surface area contributed by atoms with Crippen LogP contribution in [0.2, 0.25) is 0 Å². The fraction of sp³-hybridized carbons (Fsp3) is 0.263. The van der Waals surface area contributed by atoms with Crippen LogP contribution in [0.1, 0.15) is 19.5 Å². The van der Waals surface area contributed by atoms with Crippen molar-refractivity contribution in [3.8, 4) is 23.0 Å². The maximum absolute atomic E-state index is 11.8. The summed E-state index contributed by atoms with van der Waals surface area (Å²) in [5.41, 5.74) is 3.07. The fourth-order valence-corrected chi connectivity index (χ4v) is 2.51. The highest BCUT2D eigenvalue weighted by Gasteiger charge is 2.14. The molecule has 0 saturated heterocycles. The molecule has 3 rings (SSSR count). The highest BCUT2D eigenvalue weighted by atomic mass is 16.5. The van der Waals surface area contributed by atoms with Gasteiger partial charge in [-0.15, -0.1) is 0 Å². The number of rotatable bonds is 6. The van der Waals surface area contributed by atoms with E-state index in [2.05, 4.69) is 25.7 Å². The monoisotopic (exact) mass is 366 g/mol. The highest BCUT2D eigenvalue weighted by molar-refractivity contribution is 5.74. The quantitative estimate of drug-likeness (QED) is 0.699. The van der Waals surface area contributed by atoms with Crippen molar-refractivity contribution in [2.75, 3.05) is 7.11 Å². The average Bonchev–Trinajstić information content (AvgIpc) is 3.11. The second-order valence-electron chi connectivity index (χ2n) is 6.19. The van der Waals surface area contributed by atoms with Crippen LogP contribution in [0, 0.1) is 0 Å². The van der Waals surface area contributed by atoms with Crippen LogP contribution >= 0.6 is 0 Å². The third kappa shape index (κ3) is 4.60.